The van der Waals surface area contributed by atoms with E-state index >= 15 is 0 Å². The van der Waals surface area contributed by atoms with E-state index in [0.29, 0.717) is 12.1 Å². The molecule has 2 atom stereocenters. The second-order valence-electron chi connectivity index (χ2n) is 5.45. The molecule has 2 aliphatic rings. The molecule has 0 spiro atoms. The first-order valence-corrected chi connectivity index (χ1v) is 6.72. The number of hydrogen-bond acceptors (Lipinski definition) is 2. The average Bonchev–Trinajstić information content (AvgIpc) is 3.22. The van der Waals surface area contributed by atoms with Gasteiger partial charge in [-0.05, 0) is 31.2 Å². The van der Waals surface area contributed by atoms with Gasteiger partial charge in [-0.25, -0.2) is 0 Å². The van der Waals surface area contributed by atoms with Crippen molar-refractivity contribution in [3.8, 4) is 0 Å². The lowest BCUT2D eigenvalue weighted by atomic mass is 10.1. The van der Waals surface area contributed by atoms with Gasteiger partial charge in [-0.2, -0.15) is 0 Å². The molecule has 1 aromatic rings. The summed E-state index contributed by atoms with van der Waals surface area (Å²) in [5.41, 5.74) is 1.42. The third kappa shape index (κ3) is 3.08. The second-order valence-corrected chi connectivity index (χ2v) is 5.45. The first kappa shape index (κ1) is 11.2. The van der Waals surface area contributed by atoms with E-state index in [4.69, 9.17) is 4.74 Å². The van der Waals surface area contributed by atoms with Crippen molar-refractivity contribution in [3.05, 3.63) is 35.9 Å². The van der Waals surface area contributed by atoms with E-state index in [1.165, 1.54) is 18.4 Å². The van der Waals surface area contributed by atoms with Crippen LogP contribution in [0.3, 0.4) is 0 Å². The normalized spacial score (nSPS) is 24.9. The summed E-state index contributed by atoms with van der Waals surface area (Å²) in [6, 6.07) is 11.5. The molecule has 0 amide bonds. The van der Waals surface area contributed by atoms with E-state index in [0.717, 1.165) is 25.6 Å². The fourth-order valence-corrected chi connectivity index (χ4v) is 2.50. The topological polar surface area (TPSA) is 15.8 Å². The Bertz CT molecular complexity index is 356. The molecule has 1 unspecified atom stereocenters. The van der Waals surface area contributed by atoms with Crippen LogP contribution >= 0.6 is 0 Å². The fraction of sp³-hybridized carbons (Fsp3) is 0.600. The van der Waals surface area contributed by atoms with Crippen molar-refractivity contribution in [1.29, 1.82) is 0 Å². The van der Waals surface area contributed by atoms with Crippen LogP contribution in [0.2, 0.25) is 0 Å². The first-order valence-electron chi connectivity index (χ1n) is 6.72. The summed E-state index contributed by atoms with van der Waals surface area (Å²) in [5, 5.41) is 0. The van der Waals surface area contributed by atoms with Gasteiger partial charge in [0.15, 0.2) is 0 Å². The Balaban J connectivity index is 1.64. The van der Waals surface area contributed by atoms with Crippen LogP contribution in [0.15, 0.2) is 30.3 Å². The molecule has 0 bridgehead atoms. The van der Waals surface area contributed by atoms with Crippen LogP contribution < -0.4 is 0 Å². The lowest BCUT2D eigenvalue weighted by Crippen LogP contribution is -2.37. The van der Waals surface area contributed by atoms with Crippen LogP contribution in [0.25, 0.3) is 0 Å². The van der Waals surface area contributed by atoms with Gasteiger partial charge < -0.3 is 4.74 Å². The van der Waals surface area contributed by atoms with E-state index in [-0.39, 0.29) is 0 Å². The van der Waals surface area contributed by atoms with Crippen LogP contribution in [-0.2, 0) is 11.3 Å². The molecule has 2 heteroatoms. The number of epoxide rings is 1. The molecular formula is C15H21NO. The third-order valence-electron chi connectivity index (χ3n) is 3.95. The van der Waals surface area contributed by atoms with Crippen LogP contribution in [-0.4, -0.2) is 30.2 Å². The smallest absolute Gasteiger partial charge is 0.0936 e. The monoisotopic (exact) mass is 231 g/mol. The molecule has 1 aliphatic heterocycles. The maximum atomic E-state index is 5.39. The number of benzene rings is 1. The van der Waals surface area contributed by atoms with E-state index in [2.05, 4.69) is 42.2 Å². The molecule has 3 rings (SSSR count). The van der Waals surface area contributed by atoms with Gasteiger partial charge in [-0.3, -0.25) is 4.90 Å². The SMILES string of the molecule is CC(C1CC1)N(Cc1ccccc1)C[C@H]1CO1. The van der Waals surface area contributed by atoms with Gasteiger partial charge in [0.1, 0.15) is 0 Å². The molecular weight excluding hydrogens is 210 g/mol. The van der Waals surface area contributed by atoms with Crippen molar-refractivity contribution in [2.45, 2.75) is 38.5 Å². The lowest BCUT2D eigenvalue weighted by molar-refractivity contribution is 0.164. The minimum absolute atomic E-state index is 0.500. The summed E-state index contributed by atoms with van der Waals surface area (Å²) in [7, 11) is 0. The quantitative estimate of drug-likeness (QED) is 0.700. The van der Waals surface area contributed by atoms with Crippen molar-refractivity contribution in [2.24, 2.45) is 5.92 Å². The lowest BCUT2D eigenvalue weighted by Gasteiger charge is -2.28. The van der Waals surface area contributed by atoms with Crippen LogP contribution in [0.4, 0.5) is 0 Å². The largest absolute Gasteiger partial charge is 0.372 e. The Morgan fingerprint density at radius 1 is 1.29 bits per heavy atom. The molecule has 1 aliphatic carbocycles. The zero-order valence-corrected chi connectivity index (χ0v) is 10.5. The molecule has 2 nitrogen and oxygen atoms in total. The van der Waals surface area contributed by atoms with E-state index in [1.54, 1.807) is 0 Å². The van der Waals surface area contributed by atoms with Gasteiger partial charge >= 0.3 is 0 Å². The van der Waals surface area contributed by atoms with Crippen molar-refractivity contribution in [2.75, 3.05) is 13.2 Å². The maximum absolute atomic E-state index is 5.39. The number of rotatable bonds is 6. The van der Waals surface area contributed by atoms with E-state index in [9.17, 15) is 0 Å². The van der Waals surface area contributed by atoms with Crippen molar-refractivity contribution < 1.29 is 4.74 Å². The summed E-state index contributed by atoms with van der Waals surface area (Å²) < 4.78 is 5.39. The molecule has 17 heavy (non-hydrogen) atoms. The van der Waals surface area contributed by atoms with Gasteiger partial charge in [0.25, 0.3) is 0 Å². The number of hydrogen-bond donors (Lipinski definition) is 0. The minimum Gasteiger partial charge on any atom is -0.372 e. The molecule has 1 heterocycles. The third-order valence-corrected chi connectivity index (χ3v) is 3.95. The molecule has 0 radical (unpaired) electrons. The Morgan fingerprint density at radius 2 is 2.00 bits per heavy atom. The Labute approximate surface area is 104 Å². The zero-order valence-electron chi connectivity index (χ0n) is 10.5. The number of ether oxygens (including phenoxy) is 1. The summed E-state index contributed by atoms with van der Waals surface area (Å²) in [6.07, 6.45) is 3.33. The number of nitrogens with zero attached hydrogens (tertiary/aromatic N) is 1. The summed E-state index contributed by atoms with van der Waals surface area (Å²) in [5.74, 6) is 0.928. The maximum Gasteiger partial charge on any atom is 0.0936 e. The van der Waals surface area contributed by atoms with Crippen LogP contribution in [0.1, 0.15) is 25.3 Å². The zero-order chi connectivity index (χ0) is 11.7. The Kier molecular flexibility index (Phi) is 3.17. The predicted molar refractivity (Wildman–Crippen MR) is 68.8 cm³/mol. The standard InChI is InChI=1S/C15H21NO/c1-12(14-7-8-14)16(10-15-11-17-15)9-13-5-3-2-4-6-13/h2-6,12,14-15H,7-11H2,1H3/t12?,15-/m0/s1. The average molecular weight is 231 g/mol. The molecule has 1 aromatic carbocycles. The van der Waals surface area contributed by atoms with Crippen molar-refractivity contribution >= 4 is 0 Å². The molecule has 0 aromatic heterocycles. The Morgan fingerprint density at radius 3 is 2.59 bits per heavy atom. The van der Waals surface area contributed by atoms with Gasteiger partial charge in [-0.1, -0.05) is 30.3 Å². The fourth-order valence-electron chi connectivity index (χ4n) is 2.50. The van der Waals surface area contributed by atoms with E-state index < -0.39 is 0 Å². The van der Waals surface area contributed by atoms with Crippen LogP contribution in [0.5, 0.6) is 0 Å². The minimum atomic E-state index is 0.500. The summed E-state index contributed by atoms with van der Waals surface area (Å²) in [4.78, 5) is 2.60. The molecule has 92 valence electrons. The predicted octanol–water partition coefficient (Wildman–Crippen LogP) is 2.69. The molecule has 1 saturated carbocycles. The van der Waals surface area contributed by atoms with Crippen molar-refractivity contribution in [3.63, 3.8) is 0 Å². The summed E-state index contributed by atoms with van der Waals surface area (Å²) in [6.45, 7) is 5.51. The van der Waals surface area contributed by atoms with Gasteiger partial charge in [0, 0.05) is 19.1 Å². The highest BCUT2D eigenvalue weighted by Gasteiger charge is 2.35. The summed E-state index contributed by atoms with van der Waals surface area (Å²) >= 11 is 0. The first-order chi connectivity index (χ1) is 8.33. The highest BCUT2D eigenvalue weighted by Crippen LogP contribution is 2.36. The highest BCUT2D eigenvalue weighted by atomic mass is 16.6. The van der Waals surface area contributed by atoms with Gasteiger partial charge in [-0.15, -0.1) is 0 Å². The molecule has 0 N–H and O–H groups in total. The Hall–Kier alpha value is -0.860. The molecule has 2 fully saturated rings. The second kappa shape index (κ2) is 4.79. The van der Waals surface area contributed by atoms with Gasteiger partial charge in [0.05, 0.1) is 12.7 Å². The van der Waals surface area contributed by atoms with E-state index in [1.807, 2.05) is 0 Å². The molecule has 1 saturated heterocycles. The van der Waals surface area contributed by atoms with Crippen LogP contribution in [0, 0.1) is 5.92 Å². The van der Waals surface area contributed by atoms with Crippen molar-refractivity contribution in [1.82, 2.24) is 4.90 Å². The highest BCUT2D eigenvalue weighted by molar-refractivity contribution is 5.14. The van der Waals surface area contributed by atoms with Gasteiger partial charge in [0.2, 0.25) is 0 Å².